The largest absolute Gasteiger partial charge is 0.356 e. The van der Waals surface area contributed by atoms with Gasteiger partial charge in [0.05, 0.1) is 0 Å². The van der Waals surface area contributed by atoms with Crippen LogP contribution in [0.25, 0.3) is 0 Å². The summed E-state index contributed by atoms with van der Waals surface area (Å²) in [4.78, 5) is 24.7. The minimum Gasteiger partial charge on any atom is -0.356 e. The zero-order valence-corrected chi connectivity index (χ0v) is 13.8. The van der Waals surface area contributed by atoms with Crippen molar-refractivity contribution >= 4 is 11.8 Å². The highest BCUT2D eigenvalue weighted by molar-refractivity contribution is 6.12. The number of imide groups is 1. The maximum Gasteiger partial charge on any atom is 0.253 e. The van der Waals surface area contributed by atoms with Crippen LogP contribution in [-0.4, -0.2) is 23.3 Å². The number of epoxide rings is 1. The van der Waals surface area contributed by atoms with Gasteiger partial charge >= 0.3 is 0 Å². The minimum absolute atomic E-state index is 0.0132. The molecule has 4 rings (SSSR count). The van der Waals surface area contributed by atoms with Gasteiger partial charge < -0.3 is 4.74 Å². The molecular weight excluding hydrogens is 314 g/mol. The monoisotopic (exact) mass is 333 g/mol. The third-order valence-electron chi connectivity index (χ3n) is 4.89. The van der Waals surface area contributed by atoms with Crippen molar-refractivity contribution in [3.8, 4) is 0 Å². The van der Waals surface area contributed by atoms with Crippen LogP contribution in [0.15, 0.2) is 72.8 Å². The van der Waals surface area contributed by atoms with Crippen molar-refractivity contribution in [3.05, 3.63) is 83.9 Å². The van der Waals surface area contributed by atoms with E-state index in [-0.39, 0.29) is 23.5 Å². The predicted octanol–water partition coefficient (Wildman–Crippen LogP) is 3.36. The Balaban J connectivity index is 1.50. The van der Waals surface area contributed by atoms with Crippen molar-refractivity contribution < 1.29 is 14.3 Å². The van der Waals surface area contributed by atoms with E-state index >= 15 is 0 Å². The molecule has 2 aromatic rings. The van der Waals surface area contributed by atoms with E-state index in [1.165, 1.54) is 17.1 Å². The third kappa shape index (κ3) is 2.89. The van der Waals surface area contributed by atoms with Gasteiger partial charge in [0, 0.05) is 18.7 Å². The molecule has 2 aromatic carbocycles. The number of nitrogens with zero attached hydrogens (tertiary/aromatic N) is 1. The second kappa shape index (κ2) is 6.30. The summed E-state index contributed by atoms with van der Waals surface area (Å²) < 4.78 is 6.19. The van der Waals surface area contributed by atoms with Gasteiger partial charge in [-0.2, -0.15) is 0 Å². The lowest BCUT2D eigenvalue weighted by molar-refractivity contribution is -0.136. The van der Waals surface area contributed by atoms with Crippen molar-refractivity contribution in [1.82, 2.24) is 4.90 Å². The second-order valence-corrected chi connectivity index (χ2v) is 6.43. The van der Waals surface area contributed by atoms with E-state index in [0.29, 0.717) is 13.0 Å². The minimum atomic E-state index is -0.373. The standard InChI is InChI=1S/C21H19NO3/c23-18-12-13-19(24)22(18)15-7-14-21(17-10-5-2-6-11-17)20(25-21)16-8-3-1-4-9-16/h1-6,8-13,20H,7,14-15H2. The Morgan fingerprint density at radius 2 is 1.48 bits per heavy atom. The van der Waals surface area contributed by atoms with Crippen molar-refractivity contribution in [3.63, 3.8) is 0 Å². The first-order chi connectivity index (χ1) is 12.2. The fourth-order valence-corrected chi connectivity index (χ4v) is 3.57. The van der Waals surface area contributed by atoms with E-state index in [0.717, 1.165) is 17.5 Å². The molecular formula is C21H19NO3. The maximum atomic E-state index is 11.7. The molecule has 0 radical (unpaired) electrons. The van der Waals surface area contributed by atoms with Gasteiger partial charge in [-0.15, -0.1) is 0 Å². The molecule has 0 bridgehead atoms. The lowest BCUT2D eigenvalue weighted by atomic mass is 9.88. The van der Waals surface area contributed by atoms with E-state index in [2.05, 4.69) is 24.3 Å². The number of rotatable bonds is 6. The quantitative estimate of drug-likeness (QED) is 0.602. The van der Waals surface area contributed by atoms with E-state index in [9.17, 15) is 9.59 Å². The summed E-state index contributed by atoms with van der Waals surface area (Å²) in [5.41, 5.74) is 1.92. The Morgan fingerprint density at radius 1 is 0.880 bits per heavy atom. The van der Waals surface area contributed by atoms with Gasteiger partial charge in [0.25, 0.3) is 11.8 Å². The highest BCUT2D eigenvalue weighted by atomic mass is 16.6. The fraction of sp³-hybridized carbons (Fsp3) is 0.238. The van der Waals surface area contributed by atoms with Crippen LogP contribution in [0.1, 0.15) is 30.1 Å². The Labute approximate surface area is 146 Å². The highest BCUT2D eigenvalue weighted by Gasteiger charge is 2.57. The Hall–Kier alpha value is -2.72. The molecule has 0 aliphatic carbocycles. The molecule has 4 nitrogen and oxygen atoms in total. The average molecular weight is 333 g/mol. The zero-order chi connectivity index (χ0) is 17.3. The van der Waals surface area contributed by atoms with Gasteiger partial charge in [0.1, 0.15) is 11.7 Å². The Morgan fingerprint density at radius 3 is 2.12 bits per heavy atom. The van der Waals surface area contributed by atoms with Crippen LogP contribution in [-0.2, 0) is 19.9 Å². The van der Waals surface area contributed by atoms with Crippen LogP contribution < -0.4 is 0 Å². The number of carbonyl (C=O) groups is 2. The van der Waals surface area contributed by atoms with Gasteiger partial charge in [-0.1, -0.05) is 60.7 Å². The van der Waals surface area contributed by atoms with Crippen LogP contribution in [0.2, 0.25) is 0 Å². The molecule has 4 heteroatoms. The van der Waals surface area contributed by atoms with Crippen molar-refractivity contribution in [2.24, 2.45) is 0 Å². The summed E-state index contributed by atoms with van der Waals surface area (Å²) in [5.74, 6) is -0.454. The summed E-state index contributed by atoms with van der Waals surface area (Å²) >= 11 is 0. The fourth-order valence-electron chi connectivity index (χ4n) is 3.57. The summed E-state index contributed by atoms with van der Waals surface area (Å²) in [5, 5.41) is 0. The molecule has 2 unspecified atom stereocenters. The molecule has 2 heterocycles. The number of amides is 2. The number of ether oxygens (including phenoxy) is 1. The lowest BCUT2D eigenvalue weighted by Crippen LogP contribution is -2.31. The summed E-state index contributed by atoms with van der Waals surface area (Å²) in [7, 11) is 0. The number of benzene rings is 2. The van der Waals surface area contributed by atoms with Crippen molar-refractivity contribution in [1.29, 1.82) is 0 Å². The zero-order valence-electron chi connectivity index (χ0n) is 13.8. The van der Waals surface area contributed by atoms with Gasteiger partial charge in [-0.3, -0.25) is 14.5 Å². The topological polar surface area (TPSA) is 49.9 Å². The molecule has 1 saturated heterocycles. The van der Waals surface area contributed by atoms with Crippen molar-refractivity contribution in [2.75, 3.05) is 6.54 Å². The second-order valence-electron chi connectivity index (χ2n) is 6.43. The van der Waals surface area contributed by atoms with Crippen LogP contribution in [0, 0.1) is 0 Å². The summed E-state index contributed by atoms with van der Waals surface area (Å²) in [6.45, 7) is 0.421. The van der Waals surface area contributed by atoms with E-state index in [1.54, 1.807) is 0 Å². The number of hydrogen-bond acceptors (Lipinski definition) is 3. The molecule has 126 valence electrons. The van der Waals surface area contributed by atoms with Crippen LogP contribution in [0.4, 0.5) is 0 Å². The normalized spacial score (nSPS) is 24.8. The van der Waals surface area contributed by atoms with Gasteiger partial charge in [-0.05, 0) is 24.0 Å². The molecule has 2 amide bonds. The SMILES string of the molecule is O=C1C=CC(=O)N1CCCC1(c2ccccc2)OC1c1ccccc1. The van der Waals surface area contributed by atoms with Gasteiger partial charge in [0.2, 0.25) is 0 Å². The van der Waals surface area contributed by atoms with Crippen LogP contribution >= 0.6 is 0 Å². The van der Waals surface area contributed by atoms with Gasteiger partial charge in [0.15, 0.2) is 0 Å². The average Bonchev–Trinajstić information content (AvgIpc) is 3.32. The summed E-state index contributed by atoms with van der Waals surface area (Å²) in [6.07, 6.45) is 4.13. The molecule has 2 atom stereocenters. The van der Waals surface area contributed by atoms with E-state index in [4.69, 9.17) is 4.74 Å². The number of carbonyl (C=O) groups excluding carboxylic acids is 2. The molecule has 2 aliphatic heterocycles. The molecule has 0 N–H and O–H groups in total. The molecule has 1 fully saturated rings. The van der Waals surface area contributed by atoms with Crippen molar-refractivity contribution in [2.45, 2.75) is 24.5 Å². The molecule has 0 aromatic heterocycles. The smallest absolute Gasteiger partial charge is 0.253 e. The van der Waals surface area contributed by atoms with Gasteiger partial charge in [-0.25, -0.2) is 0 Å². The highest BCUT2D eigenvalue weighted by Crippen LogP contribution is 2.59. The number of hydrogen-bond donors (Lipinski definition) is 0. The van der Waals surface area contributed by atoms with E-state index in [1.807, 2.05) is 36.4 Å². The first-order valence-electron chi connectivity index (χ1n) is 8.52. The third-order valence-corrected chi connectivity index (χ3v) is 4.89. The van der Waals surface area contributed by atoms with Crippen LogP contribution in [0.5, 0.6) is 0 Å². The first-order valence-corrected chi connectivity index (χ1v) is 8.52. The Bertz CT molecular complexity index is 798. The molecule has 0 saturated carbocycles. The Kier molecular flexibility index (Phi) is 3.98. The molecule has 2 aliphatic rings. The maximum absolute atomic E-state index is 11.7. The molecule has 25 heavy (non-hydrogen) atoms. The van der Waals surface area contributed by atoms with Crippen LogP contribution in [0.3, 0.4) is 0 Å². The summed E-state index contributed by atoms with van der Waals surface area (Å²) in [6, 6.07) is 20.3. The predicted molar refractivity (Wildman–Crippen MR) is 93.5 cm³/mol. The van der Waals surface area contributed by atoms with E-state index < -0.39 is 0 Å². The molecule has 0 spiro atoms. The first kappa shape index (κ1) is 15.8. The lowest BCUT2D eigenvalue weighted by Gasteiger charge is -2.17.